The Labute approximate surface area is 118 Å². The Kier molecular flexibility index (Phi) is 3.65. The summed E-state index contributed by atoms with van der Waals surface area (Å²) in [6.45, 7) is 7.94. The predicted octanol–water partition coefficient (Wildman–Crippen LogP) is 3.15. The Morgan fingerprint density at radius 2 is 1.95 bits per heavy atom. The molecule has 102 valence electrons. The van der Waals surface area contributed by atoms with Crippen LogP contribution >= 0.6 is 11.6 Å². The highest BCUT2D eigenvalue weighted by Crippen LogP contribution is 2.32. The van der Waals surface area contributed by atoms with E-state index in [1.54, 1.807) is 0 Å². The number of aryl methyl sites for hydroxylation is 1. The number of rotatable bonds is 2. The Morgan fingerprint density at radius 3 is 2.53 bits per heavy atom. The van der Waals surface area contributed by atoms with Crippen LogP contribution < -0.4 is 0 Å². The average Bonchev–Trinajstić information content (AvgIpc) is 2.76. The third-order valence-corrected chi connectivity index (χ3v) is 3.48. The van der Waals surface area contributed by atoms with Gasteiger partial charge in [0.1, 0.15) is 6.61 Å². The molecule has 0 atom stereocenters. The van der Waals surface area contributed by atoms with Crippen LogP contribution in [0, 0.1) is 6.92 Å². The summed E-state index contributed by atoms with van der Waals surface area (Å²) in [6, 6.07) is 5.82. The van der Waals surface area contributed by atoms with Gasteiger partial charge in [0, 0.05) is 11.1 Å². The highest BCUT2D eigenvalue weighted by molar-refractivity contribution is 6.33. The minimum absolute atomic E-state index is 0.145. The van der Waals surface area contributed by atoms with E-state index in [1.165, 1.54) is 0 Å². The lowest BCUT2D eigenvalue weighted by atomic mass is 10.1. The van der Waals surface area contributed by atoms with Gasteiger partial charge in [-0.15, -0.1) is 10.2 Å². The van der Waals surface area contributed by atoms with Gasteiger partial charge < -0.3 is 9.67 Å². The molecule has 1 heterocycles. The first-order valence-corrected chi connectivity index (χ1v) is 6.55. The summed E-state index contributed by atoms with van der Waals surface area (Å²) in [4.78, 5) is 0. The van der Waals surface area contributed by atoms with E-state index in [4.69, 9.17) is 11.6 Å². The fraction of sp³-hybridized carbons (Fsp3) is 0.429. The molecule has 4 nitrogen and oxygen atoms in total. The van der Waals surface area contributed by atoms with Crippen molar-refractivity contribution in [2.24, 2.45) is 0 Å². The van der Waals surface area contributed by atoms with Gasteiger partial charge in [-0.05, 0) is 39.3 Å². The molecular weight excluding hydrogens is 262 g/mol. The first kappa shape index (κ1) is 14.0. The van der Waals surface area contributed by atoms with Crippen molar-refractivity contribution < 1.29 is 5.11 Å². The summed E-state index contributed by atoms with van der Waals surface area (Å²) in [5.41, 5.74) is 1.60. The molecular formula is C14H18ClN3O. The second kappa shape index (κ2) is 4.94. The van der Waals surface area contributed by atoms with Crippen molar-refractivity contribution >= 4 is 11.6 Å². The smallest absolute Gasteiger partial charge is 0.166 e. The lowest BCUT2D eigenvalue weighted by Crippen LogP contribution is -2.25. The first-order valence-electron chi connectivity index (χ1n) is 6.17. The molecule has 2 rings (SSSR count). The standard InChI is InChI=1S/C14H18ClN3O/c1-9-6-5-7-10(12(9)15)13-17-16-11(8-19)18(13)14(2,3)4/h5-7,19H,8H2,1-4H3. The van der Waals surface area contributed by atoms with Crippen LogP contribution in [0.4, 0.5) is 0 Å². The topological polar surface area (TPSA) is 50.9 Å². The number of hydrogen-bond acceptors (Lipinski definition) is 3. The van der Waals surface area contributed by atoms with E-state index in [1.807, 2.05) is 50.5 Å². The van der Waals surface area contributed by atoms with Gasteiger partial charge in [0.05, 0.1) is 5.02 Å². The second-order valence-corrected chi connectivity index (χ2v) is 5.92. The Balaban J connectivity index is 2.70. The third-order valence-electron chi connectivity index (χ3n) is 2.98. The molecule has 0 radical (unpaired) electrons. The minimum Gasteiger partial charge on any atom is -0.388 e. The summed E-state index contributed by atoms with van der Waals surface area (Å²) in [5, 5.41) is 18.3. The van der Waals surface area contributed by atoms with Gasteiger partial charge in [-0.2, -0.15) is 0 Å². The van der Waals surface area contributed by atoms with Crippen LogP contribution in [0.2, 0.25) is 5.02 Å². The zero-order chi connectivity index (χ0) is 14.2. The number of hydrogen-bond donors (Lipinski definition) is 1. The first-order chi connectivity index (χ1) is 8.86. The fourth-order valence-electron chi connectivity index (χ4n) is 2.12. The van der Waals surface area contributed by atoms with Gasteiger partial charge in [0.15, 0.2) is 11.6 Å². The van der Waals surface area contributed by atoms with E-state index in [0.717, 1.165) is 11.1 Å². The zero-order valence-corrected chi connectivity index (χ0v) is 12.4. The Morgan fingerprint density at radius 1 is 1.26 bits per heavy atom. The van der Waals surface area contributed by atoms with Gasteiger partial charge in [0.2, 0.25) is 0 Å². The molecule has 0 saturated heterocycles. The summed E-state index contributed by atoms with van der Waals surface area (Å²) in [7, 11) is 0. The lowest BCUT2D eigenvalue weighted by Gasteiger charge is -2.25. The van der Waals surface area contributed by atoms with Crippen LogP contribution in [-0.2, 0) is 12.1 Å². The molecule has 0 saturated carbocycles. The van der Waals surface area contributed by atoms with Crippen molar-refractivity contribution in [3.8, 4) is 11.4 Å². The molecule has 0 bridgehead atoms. The quantitative estimate of drug-likeness (QED) is 0.919. The summed E-state index contributed by atoms with van der Waals surface area (Å²) in [5.74, 6) is 1.23. The highest BCUT2D eigenvalue weighted by Gasteiger charge is 2.24. The molecule has 0 aliphatic carbocycles. The third kappa shape index (κ3) is 2.51. The predicted molar refractivity (Wildman–Crippen MR) is 76.1 cm³/mol. The van der Waals surface area contributed by atoms with Gasteiger partial charge >= 0.3 is 0 Å². The van der Waals surface area contributed by atoms with Gasteiger partial charge in [0.25, 0.3) is 0 Å². The van der Waals surface area contributed by atoms with Crippen LogP contribution in [0.1, 0.15) is 32.2 Å². The number of aliphatic hydroxyl groups is 1. The summed E-state index contributed by atoms with van der Waals surface area (Å²) < 4.78 is 1.92. The van der Waals surface area contributed by atoms with Gasteiger partial charge in [-0.1, -0.05) is 23.7 Å². The van der Waals surface area contributed by atoms with Crippen molar-refractivity contribution in [2.45, 2.75) is 39.8 Å². The van der Waals surface area contributed by atoms with E-state index in [-0.39, 0.29) is 12.1 Å². The molecule has 0 spiro atoms. The van der Waals surface area contributed by atoms with Crippen molar-refractivity contribution in [3.05, 3.63) is 34.6 Å². The van der Waals surface area contributed by atoms with E-state index in [2.05, 4.69) is 10.2 Å². The molecule has 5 heteroatoms. The number of aliphatic hydroxyl groups excluding tert-OH is 1. The normalized spacial score (nSPS) is 11.9. The van der Waals surface area contributed by atoms with Crippen LogP contribution in [0.5, 0.6) is 0 Å². The zero-order valence-electron chi connectivity index (χ0n) is 11.6. The van der Waals surface area contributed by atoms with E-state index in [9.17, 15) is 5.11 Å². The molecule has 0 fully saturated rings. The van der Waals surface area contributed by atoms with E-state index >= 15 is 0 Å². The molecule has 2 aromatic rings. The largest absolute Gasteiger partial charge is 0.388 e. The van der Waals surface area contributed by atoms with E-state index in [0.29, 0.717) is 16.7 Å². The monoisotopic (exact) mass is 279 g/mol. The number of nitrogens with zero attached hydrogens (tertiary/aromatic N) is 3. The van der Waals surface area contributed by atoms with Gasteiger partial charge in [-0.25, -0.2) is 0 Å². The summed E-state index contributed by atoms with van der Waals surface area (Å²) >= 11 is 6.36. The van der Waals surface area contributed by atoms with Crippen molar-refractivity contribution in [3.63, 3.8) is 0 Å². The molecule has 1 aromatic heterocycles. The van der Waals surface area contributed by atoms with Crippen LogP contribution in [0.3, 0.4) is 0 Å². The molecule has 19 heavy (non-hydrogen) atoms. The Bertz CT molecular complexity index is 599. The molecule has 1 aromatic carbocycles. The molecule has 0 aliphatic heterocycles. The summed E-state index contributed by atoms with van der Waals surface area (Å²) in [6.07, 6.45) is 0. The van der Waals surface area contributed by atoms with Crippen molar-refractivity contribution in [1.82, 2.24) is 14.8 Å². The van der Waals surface area contributed by atoms with Crippen LogP contribution in [-0.4, -0.2) is 19.9 Å². The molecule has 0 unspecified atom stereocenters. The number of aromatic nitrogens is 3. The molecule has 0 amide bonds. The maximum atomic E-state index is 9.41. The van der Waals surface area contributed by atoms with Crippen molar-refractivity contribution in [2.75, 3.05) is 0 Å². The van der Waals surface area contributed by atoms with Crippen molar-refractivity contribution in [1.29, 1.82) is 0 Å². The lowest BCUT2D eigenvalue weighted by molar-refractivity contribution is 0.250. The van der Waals surface area contributed by atoms with Crippen LogP contribution in [0.15, 0.2) is 18.2 Å². The van der Waals surface area contributed by atoms with Crippen LogP contribution in [0.25, 0.3) is 11.4 Å². The number of benzene rings is 1. The second-order valence-electron chi connectivity index (χ2n) is 5.54. The molecule has 1 N–H and O–H groups in total. The SMILES string of the molecule is Cc1cccc(-c2nnc(CO)n2C(C)(C)C)c1Cl. The van der Waals surface area contributed by atoms with Gasteiger partial charge in [-0.3, -0.25) is 0 Å². The highest BCUT2D eigenvalue weighted by atomic mass is 35.5. The minimum atomic E-state index is -0.232. The maximum Gasteiger partial charge on any atom is 0.166 e. The fourth-order valence-corrected chi connectivity index (χ4v) is 2.33. The average molecular weight is 280 g/mol. The van der Waals surface area contributed by atoms with E-state index < -0.39 is 0 Å². The maximum absolute atomic E-state index is 9.41. The molecule has 0 aliphatic rings. The Hall–Kier alpha value is -1.39. The number of halogens is 1.